The smallest absolute Gasteiger partial charge is 0.384 e. The highest BCUT2D eigenvalue weighted by Gasteiger charge is 2.32. The van der Waals surface area contributed by atoms with E-state index in [4.69, 9.17) is 5.73 Å². The van der Waals surface area contributed by atoms with Gasteiger partial charge in [-0.2, -0.15) is 13.2 Å². The van der Waals surface area contributed by atoms with Crippen LogP contribution in [0.2, 0.25) is 0 Å². The SMILES string of the molecule is Nc1c(C(=O)Cn2cc(C(F)(F)F)ccc2=O)c(=O)[nH]c(=O)n1C1CC1. The minimum Gasteiger partial charge on any atom is -0.384 e. The Balaban J connectivity index is 2.02. The monoisotopic (exact) mass is 370 g/mol. The second kappa shape index (κ2) is 6.00. The van der Waals surface area contributed by atoms with Gasteiger partial charge in [0, 0.05) is 18.3 Å². The van der Waals surface area contributed by atoms with Crippen LogP contribution in [-0.2, 0) is 12.7 Å². The van der Waals surface area contributed by atoms with Crippen molar-refractivity contribution >= 4 is 11.6 Å². The highest BCUT2D eigenvalue weighted by atomic mass is 19.4. The molecule has 138 valence electrons. The molecule has 3 rings (SSSR count). The summed E-state index contributed by atoms with van der Waals surface area (Å²) in [4.78, 5) is 49.9. The number of carbonyl (C=O) groups excluding carboxylic acids is 1. The number of nitrogens with one attached hydrogen (secondary N) is 1. The first kappa shape index (κ1) is 17.7. The normalized spacial score (nSPS) is 14.4. The number of nitrogens with two attached hydrogens (primary N) is 1. The molecule has 2 aromatic heterocycles. The van der Waals surface area contributed by atoms with E-state index in [1.54, 1.807) is 0 Å². The number of aromatic nitrogens is 3. The first-order chi connectivity index (χ1) is 12.1. The largest absolute Gasteiger partial charge is 0.417 e. The minimum absolute atomic E-state index is 0.234. The molecule has 0 spiro atoms. The Kier molecular flexibility index (Phi) is 4.09. The van der Waals surface area contributed by atoms with Crippen LogP contribution >= 0.6 is 0 Å². The molecule has 0 aliphatic heterocycles. The van der Waals surface area contributed by atoms with E-state index < -0.39 is 46.4 Å². The van der Waals surface area contributed by atoms with Crippen LogP contribution in [0.3, 0.4) is 0 Å². The maximum atomic E-state index is 12.8. The summed E-state index contributed by atoms with van der Waals surface area (Å²) in [5.74, 6) is -1.33. The standard InChI is InChI=1S/C15H13F3N4O4/c16-15(17,18)7-1-4-10(24)21(5-7)6-9(23)11-12(19)22(8-2-3-8)14(26)20-13(11)25/h1,4-5,8H,2-3,6,19H2,(H,20,25,26). The number of anilines is 1. The zero-order valence-corrected chi connectivity index (χ0v) is 13.2. The molecule has 0 unspecified atom stereocenters. The second-order valence-electron chi connectivity index (χ2n) is 5.93. The van der Waals surface area contributed by atoms with E-state index in [2.05, 4.69) is 0 Å². The minimum atomic E-state index is -4.70. The molecule has 2 aromatic rings. The van der Waals surface area contributed by atoms with E-state index in [1.165, 1.54) is 0 Å². The predicted octanol–water partition coefficient (Wildman–Crippen LogP) is 0.517. The Morgan fingerprint density at radius 3 is 2.46 bits per heavy atom. The maximum Gasteiger partial charge on any atom is 0.417 e. The summed E-state index contributed by atoms with van der Waals surface area (Å²) in [6, 6.07) is 1.04. The molecular weight excluding hydrogens is 357 g/mol. The van der Waals surface area contributed by atoms with Gasteiger partial charge in [0.2, 0.25) is 0 Å². The van der Waals surface area contributed by atoms with Crippen molar-refractivity contribution in [3.05, 3.63) is 60.6 Å². The summed E-state index contributed by atoms with van der Waals surface area (Å²) in [5.41, 5.74) is 1.44. The summed E-state index contributed by atoms with van der Waals surface area (Å²) in [6.07, 6.45) is -2.91. The number of hydrogen-bond acceptors (Lipinski definition) is 5. The fourth-order valence-electron chi connectivity index (χ4n) is 2.59. The number of halogens is 3. The molecule has 1 saturated carbocycles. The van der Waals surface area contributed by atoms with Gasteiger partial charge in [-0.15, -0.1) is 0 Å². The molecule has 0 amide bonds. The van der Waals surface area contributed by atoms with Gasteiger partial charge >= 0.3 is 11.9 Å². The van der Waals surface area contributed by atoms with Gasteiger partial charge in [0.25, 0.3) is 11.1 Å². The molecule has 0 radical (unpaired) electrons. The van der Waals surface area contributed by atoms with Crippen LogP contribution in [0, 0.1) is 0 Å². The highest BCUT2D eigenvalue weighted by molar-refractivity contribution is 5.99. The van der Waals surface area contributed by atoms with Gasteiger partial charge in [0.15, 0.2) is 5.78 Å². The third-order valence-corrected chi connectivity index (χ3v) is 4.00. The van der Waals surface area contributed by atoms with Gasteiger partial charge < -0.3 is 10.3 Å². The molecular formula is C15H13F3N4O4. The van der Waals surface area contributed by atoms with Crippen LogP contribution in [0.15, 0.2) is 32.7 Å². The van der Waals surface area contributed by atoms with E-state index in [0.29, 0.717) is 35.7 Å². The van der Waals surface area contributed by atoms with Crippen LogP contribution in [0.5, 0.6) is 0 Å². The van der Waals surface area contributed by atoms with Gasteiger partial charge in [-0.05, 0) is 18.9 Å². The molecule has 2 heterocycles. The summed E-state index contributed by atoms with van der Waals surface area (Å²) in [7, 11) is 0. The Morgan fingerprint density at radius 1 is 1.23 bits per heavy atom. The summed E-state index contributed by atoms with van der Waals surface area (Å²) in [6.45, 7) is -0.821. The fourth-order valence-corrected chi connectivity index (χ4v) is 2.59. The fraction of sp³-hybridized carbons (Fsp3) is 0.333. The topological polar surface area (TPSA) is 120 Å². The number of carbonyl (C=O) groups is 1. The lowest BCUT2D eigenvalue weighted by atomic mass is 10.2. The van der Waals surface area contributed by atoms with E-state index in [-0.39, 0.29) is 11.9 Å². The zero-order valence-electron chi connectivity index (χ0n) is 13.2. The van der Waals surface area contributed by atoms with Crippen molar-refractivity contribution in [1.82, 2.24) is 14.1 Å². The molecule has 1 fully saturated rings. The Hall–Kier alpha value is -3.11. The molecule has 8 nitrogen and oxygen atoms in total. The van der Waals surface area contributed by atoms with Gasteiger partial charge in [-0.25, -0.2) is 4.79 Å². The van der Waals surface area contributed by atoms with Gasteiger partial charge in [-0.1, -0.05) is 0 Å². The van der Waals surface area contributed by atoms with Gasteiger partial charge in [-0.3, -0.25) is 23.9 Å². The first-order valence-corrected chi connectivity index (χ1v) is 7.54. The number of rotatable bonds is 4. The summed E-state index contributed by atoms with van der Waals surface area (Å²) >= 11 is 0. The van der Waals surface area contributed by atoms with Crippen molar-refractivity contribution in [2.24, 2.45) is 0 Å². The highest BCUT2D eigenvalue weighted by Crippen LogP contribution is 2.35. The molecule has 0 aromatic carbocycles. The number of alkyl halides is 3. The average Bonchev–Trinajstić information content (AvgIpc) is 3.32. The van der Waals surface area contributed by atoms with Crippen LogP contribution < -0.4 is 22.5 Å². The number of Topliss-reactive ketones (excluding diaryl/α,β-unsaturated/α-hetero) is 1. The van der Waals surface area contributed by atoms with E-state index in [1.807, 2.05) is 4.98 Å². The molecule has 3 N–H and O–H groups in total. The molecule has 0 atom stereocenters. The zero-order chi connectivity index (χ0) is 19.2. The van der Waals surface area contributed by atoms with Crippen molar-refractivity contribution in [3.63, 3.8) is 0 Å². The summed E-state index contributed by atoms with van der Waals surface area (Å²) in [5, 5.41) is 0. The van der Waals surface area contributed by atoms with Crippen LogP contribution in [0.4, 0.5) is 19.0 Å². The van der Waals surface area contributed by atoms with Crippen molar-refractivity contribution in [2.45, 2.75) is 31.6 Å². The van der Waals surface area contributed by atoms with Gasteiger partial charge in [0.1, 0.15) is 11.4 Å². The number of nitrogens with zero attached hydrogens (tertiary/aromatic N) is 2. The molecule has 0 bridgehead atoms. The third kappa shape index (κ3) is 3.19. The number of nitrogen functional groups attached to an aromatic ring is 1. The molecule has 1 aliphatic rings. The van der Waals surface area contributed by atoms with Crippen molar-refractivity contribution < 1.29 is 18.0 Å². The number of pyridine rings is 1. The van der Waals surface area contributed by atoms with E-state index in [9.17, 15) is 32.3 Å². The molecule has 11 heteroatoms. The van der Waals surface area contributed by atoms with Crippen molar-refractivity contribution in [1.29, 1.82) is 0 Å². The Bertz CT molecular complexity index is 1060. The third-order valence-electron chi connectivity index (χ3n) is 4.00. The molecule has 1 aliphatic carbocycles. The van der Waals surface area contributed by atoms with E-state index >= 15 is 0 Å². The first-order valence-electron chi connectivity index (χ1n) is 7.54. The second-order valence-corrected chi connectivity index (χ2v) is 5.93. The lowest BCUT2D eigenvalue weighted by Crippen LogP contribution is -2.37. The molecule has 0 saturated heterocycles. The summed E-state index contributed by atoms with van der Waals surface area (Å²) < 4.78 is 39.9. The lowest BCUT2D eigenvalue weighted by Gasteiger charge is -2.13. The van der Waals surface area contributed by atoms with Crippen LogP contribution in [0.1, 0.15) is 34.8 Å². The number of ketones is 1. The predicted molar refractivity (Wildman–Crippen MR) is 84.0 cm³/mol. The van der Waals surface area contributed by atoms with E-state index in [0.717, 1.165) is 4.57 Å². The number of hydrogen-bond donors (Lipinski definition) is 2. The maximum absolute atomic E-state index is 12.8. The number of aromatic amines is 1. The quantitative estimate of drug-likeness (QED) is 0.760. The van der Waals surface area contributed by atoms with Crippen LogP contribution in [-0.4, -0.2) is 19.9 Å². The molecule has 26 heavy (non-hydrogen) atoms. The Labute approximate surface area is 142 Å². The Morgan fingerprint density at radius 2 is 1.88 bits per heavy atom. The van der Waals surface area contributed by atoms with Crippen molar-refractivity contribution in [3.8, 4) is 0 Å². The lowest BCUT2D eigenvalue weighted by molar-refractivity contribution is -0.138. The van der Waals surface area contributed by atoms with Crippen LogP contribution in [0.25, 0.3) is 0 Å². The van der Waals surface area contributed by atoms with Crippen molar-refractivity contribution in [2.75, 3.05) is 5.73 Å². The number of H-pyrrole nitrogens is 1. The average molecular weight is 370 g/mol. The van der Waals surface area contributed by atoms with Gasteiger partial charge in [0.05, 0.1) is 12.1 Å².